The minimum absolute atomic E-state index is 0.0173. The van der Waals surface area contributed by atoms with Crippen molar-refractivity contribution in [1.82, 2.24) is 20.1 Å². The monoisotopic (exact) mass is 577 g/mol. The predicted molar refractivity (Wildman–Crippen MR) is 148 cm³/mol. The molecule has 14 heteroatoms. The number of piperazine rings is 1. The molecule has 0 bridgehead atoms. The Morgan fingerprint density at radius 2 is 1.75 bits per heavy atom. The smallest absolute Gasteiger partial charge is 0.409 e. The molecule has 1 atom stereocenters. The van der Waals surface area contributed by atoms with Gasteiger partial charge in [0.2, 0.25) is 5.91 Å². The number of rotatable bonds is 11. The fraction of sp³-hybridized carbons (Fsp3) is 0.462. The van der Waals surface area contributed by atoms with Gasteiger partial charge in [0, 0.05) is 58.1 Å². The van der Waals surface area contributed by atoms with Crippen molar-refractivity contribution >= 4 is 31.2 Å². The second-order valence-electron chi connectivity index (χ2n) is 9.26. The zero-order valence-corrected chi connectivity index (χ0v) is 23.8. The van der Waals surface area contributed by atoms with Crippen molar-refractivity contribution in [3.05, 3.63) is 48.2 Å². The van der Waals surface area contributed by atoms with Gasteiger partial charge in [-0.1, -0.05) is 30.3 Å². The van der Waals surface area contributed by atoms with Gasteiger partial charge in [-0.3, -0.25) is 14.2 Å². The molecule has 2 aromatic rings. The van der Waals surface area contributed by atoms with Crippen molar-refractivity contribution in [2.45, 2.75) is 13.0 Å². The molecule has 1 aliphatic rings. The lowest BCUT2D eigenvalue weighted by molar-refractivity contribution is -0.134. The minimum Gasteiger partial charge on any atom is -0.450 e. The fourth-order valence-electron chi connectivity index (χ4n) is 4.17. The Hall–Kier alpha value is -3.51. The number of methoxy groups -OCH3 is 1. The largest absolute Gasteiger partial charge is 0.450 e. The highest BCUT2D eigenvalue weighted by Crippen LogP contribution is 2.35. The zero-order valence-electron chi connectivity index (χ0n) is 22.9. The maximum Gasteiger partial charge on any atom is 0.409 e. The van der Waals surface area contributed by atoms with Gasteiger partial charge in [0.05, 0.1) is 25.1 Å². The number of benzene rings is 1. The van der Waals surface area contributed by atoms with E-state index < -0.39 is 37.7 Å². The number of hydrogen-bond donors (Lipinski definition) is 3. The first-order chi connectivity index (χ1) is 19.0. The molecule has 1 aliphatic heterocycles. The number of carbonyl (C=O) groups is 3. The topological polar surface area (TPSA) is 162 Å². The van der Waals surface area contributed by atoms with Gasteiger partial charge in [-0.2, -0.15) is 0 Å². The normalized spacial score (nSPS) is 14.4. The van der Waals surface area contributed by atoms with E-state index in [1.807, 2.05) is 48.3 Å². The van der Waals surface area contributed by atoms with Gasteiger partial charge in [-0.15, -0.1) is 0 Å². The molecule has 218 valence electrons. The molecule has 3 N–H and O–H groups in total. The van der Waals surface area contributed by atoms with Gasteiger partial charge < -0.3 is 39.3 Å². The lowest BCUT2D eigenvalue weighted by Crippen LogP contribution is -2.56. The molecule has 13 nitrogen and oxygen atoms in total. The fourth-order valence-corrected chi connectivity index (χ4v) is 4.89. The molecule has 0 radical (unpaired) electrons. The highest BCUT2D eigenvalue weighted by Gasteiger charge is 2.35. The number of nitrogens with zero attached hydrogens (tertiary/aromatic N) is 4. The van der Waals surface area contributed by atoms with Gasteiger partial charge >= 0.3 is 13.7 Å². The summed E-state index contributed by atoms with van der Waals surface area (Å²) in [5.41, 5.74) is 1.93. The molecule has 3 rings (SSSR count). The van der Waals surface area contributed by atoms with Crippen LogP contribution in [-0.2, 0) is 18.8 Å². The average Bonchev–Trinajstić information content (AvgIpc) is 2.94. The van der Waals surface area contributed by atoms with Gasteiger partial charge in [0.25, 0.3) is 5.91 Å². The molecule has 1 aromatic heterocycles. The molecule has 2 heterocycles. The second kappa shape index (κ2) is 14.2. The molecule has 0 saturated carbocycles. The molecular weight excluding hydrogens is 541 g/mol. The lowest BCUT2D eigenvalue weighted by Gasteiger charge is -2.36. The Bertz CT molecular complexity index is 1220. The van der Waals surface area contributed by atoms with Crippen molar-refractivity contribution < 1.29 is 38.2 Å². The maximum atomic E-state index is 13.4. The highest BCUT2D eigenvalue weighted by atomic mass is 31.2. The van der Waals surface area contributed by atoms with Gasteiger partial charge in [-0.05, 0) is 19.1 Å². The molecule has 1 aromatic carbocycles. The van der Waals surface area contributed by atoms with Crippen LogP contribution in [0, 0.1) is 0 Å². The van der Waals surface area contributed by atoms with Gasteiger partial charge in [0.1, 0.15) is 11.7 Å². The third-order valence-electron chi connectivity index (χ3n) is 6.33. The van der Waals surface area contributed by atoms with Crippen LogP contribution in [0.3, 0.4) is 0 Å². The van der Waals surface area contributed by atoms with Crippen LogP contribution < -0.4 is 10.2 Å². The number of anilines is 1. The van der Waals surface area contributed by atoms with E-state index in [4.69, 9.17) is 9.47 Å². The van der Waals surface area contributed by atoms with E-state index in [0.717, 1.165) is 5.56 Å². The summed E-state index contributed by atoms with van der Waals surface area (Å²) >= 11 is 0. The molecule has 40 heavy (non-hydrogen) atoms. The summed E-state index contributed by atoms with van der Waals surface area (Å²) in [6.45, 7) is 3.53. The maximum absolute atomic E-state index is 13.4. The first-order valence-corrected chi connectivity index (χ1v) is 14.7. The summed E-state index contributed by atoms with van der Waals surface area (Å²) in [4.78, 5) is 67.2. The Morgan fingerprint density at radius 1 is 1.10 bits per heavy atom. The van der Waals surface area contributed by atoms with Crippen molar-refractivity contribution in [3.63, 3.8) is 0 Å². The Kier molecular flexibility index (Phi) is 11.0. The first-order valence-electron chi connectivity index (χ1n) is 12.9. The first kappa shape index (κ1) is 31.0. The number of ether oxygens (including phenoxy) is 2. The summed E-state index contributed by atoms with van der Waals surface area (Å²) in [6.07, 6.45) is -1.38. The Balaban J connectivity index is 1.85. The SMILES string of the molecule is CCOC(=O)N1CCN(C(=O)[C@H](CP(=O)(O)O)NC(=O)c2cc(N(C)CCOC)cc(-c3ccccc3)n2)CC1. The zero-order chi connectivity index (χ0) is 29.3. The van der Waals surface area contributed by atoms with Crippen LogP contribution in [0.2, 0.25) is 0 Å². The number of hydrogen-bond acceptors (Lipinski definition) is 8. The quantitative estimate of drug-likeness (QED) is 0.333. The van der Waals surface area contributed by atoms with E-state index in [2.05, 4.69) is 10.3 Å². The Morgan fingerprint density at radius 3 is 2.35 bits per heavy atom. The van der Waals surface area contributed by atoms with Crippen LogP contribution in [0.25, 0.3) is 11.3 Å². The molecule has 0 aliphatic carbocycles. The number of nitrogens with one attached hydrogen (secondary N) is 1. The van der Waals surface area contributed by atoms with E-state index in [9.17, 15) is 28.7 Å². The van der Waals surface area contributed by atoms with Gasteiger partial charge in [-0.25, -0.2) is 9.78 Å². The van der Waals surface area contributed by atoms with Crippen LogP contribution in [0.1, 0.15) is 17.4 Å². The molecule has 1 saturated heterocycles. The van der Waals surface area contributed by atoms with E-state index in [0.29, 0.717) is 24.5 Å². The number of carbonyl (C=O) groups excluding carboxylic acids is 3. The van der Waals surface area contributed by atoms with Gasteiger partial charge in [0.15, 0.2) is 0 Å². The van der Waals surface area contributed by atoms with Crippen molar-refractivity contribution in [2.24, 2.45) is 0 Å². The predicted octanol–water partition coefficient (Wildman–Crippen LogP) is 1.41. The summed E-state index contributed by atoms with van der Waals surface area (Å²) < 4.78 is 22.1. The lowest BCUT2D eigenvalue weighted by atomic mass is 10.1. The number of amides is 3. The molecule has 0 spiro atoms. The molecule has 3 amide bonds. The number of likely N-dealkylation sites (N-methyl/N-ethyl adjacent to an activating group) is 1. The van der Waals surface area contributed by atoms with E-state index in [-0.39, 0.29) is 38.5 Å². The summed E-state index contributed by atoms with van der Waals surface area (Å²) in [7, 11) is -1.27. The number of aromatic nitrogens is 1. The van der Waals surface area contributed by atoms with Crippen LogP contribution in [0.4, 0.5) is 10.5 Å². The standard InChI is InChI=1S/C26H36N5O8P/c1-4-39-26(34)31-12-10-30(11-13-31)25(33)23(18-40(35,36)37)28-24(32)22-17-20(29(2)14-15-38-3)16-21(27-22)19-8-6-5-7-9-19/h5-9,16-17,23H,4,10-15,18H2,1-3H3,(H,28,32)(H2,35,36,37)/t23-/m0/s1. The number of pyridine rings is 1. The average molecular weight is 578 g/mol. The van der Waals surface area contributed by atoms with Crippen molar-refractivity contribution in [3.8, 4) is 11.3 Å². The van der Waals surface area contributed by atoms with Crippen LogP contribution in [0.5, 0.6) is 0 Å². The van der Waals surface area contributed by atoms with Crippen LogP contribution in [0.15, 0.2) is 42.5 Å². The van der Waals surface area contributed by atoms with Crippen molar-refractivity contribution in [1.29, 1.82) is 0 Å². The van der Waals surface area contributed by atoms with E-state index >= 15 is 0 Å². The highest BCUT2D eigenvalue weighted by molar-refractivity contribution is 7.51. The van der Waals surface area contributed by atoms with E-state index in [1.54, 1.807) is 20.1 Å². The molecule has 1 fully saturated rings. The molecule has 0 unspecified atom stereocenters. The third-order valence-corrected chi connectivity index (χ3v) is 7.17. The van der Waals surface area contributed by atoms with Crippen LogP contribution in [-0.4, -0.2) is 115 Å². The summed E-state index contributed by atoms with van der Waals surface area (Å²) in [5, 5.41) is 2.50. The van der Waals surface area contributed by atoms with Crippen LogP contribution >= 0.6 is 7.60 Å². The molecular formula is C26H36N5O8P. The summed E-state index contributed by atoms with van der Waals surface area (Å²) in [5.74, 6) is -1.41. The second-order valence-corrected chi connectivity index (χ2v) is 11.0. The minimum atomic E-state index is -4.70. The summed E-state index contributed by atoms with van der Waals surface area (Å²) in [6, 6.07) is 11.1. The van der Waals surface area contributed by atoms with E-state index in [1.165, 1.54) is 9.80 Å². The Labute approximate surface area is 233 Å². The third kappa shape index (κ3) is 8.75. The van der Waals surface area contributed by atoms with Crippen molar-refractivity contribution in [2.75, 3.05) is 71.2 Å².